The zero-order valence-corrected chi connectivity index (χ0v) is 48.3. The highest BCUT2D eigenvalue weighted by Crippen LogP contribution is 2.22. The Hall–Kier alpha value is -2.36. The first-order chi connectivity index (χ1) is 34.5. The Morgan fingerprint density at radius 2 is 0.634 bits per heavy atom. The number of esters is 3. The van der Waals surface area contributed by atoms with Crippen molar-refractivity contribution in [2.75, 3.05) is 33.7 Å². The summed E-state index contributed by atoms with van der Waals surface area (Å²) in [7, 11) is 4.10. The molecule has 0 saturated heterocycles. The van der Waals surface area contributed by atoms with Gasteiger partial charge in [0.2, 0.25) is 0 Å². The quantitative estimate of drug-likeness (QED) is 0.0334. The second-order valence-electron chi connectivity index (χ2n) is 21.6. The lowest BCUT2D eigenvalue weighted by Crippen LogP contribution is -2.37. The molecule has 0 aromatic heterocycles. The largest absolute Gasteiger partial charge is 0.463 e. The van der Waals surface area contributed by atoms with Crippen LogP contribution in [-0.4, -0.2) is 91.9 Å². The SMILES string of the molecule is CCCCCCC(CCCCCC)OC(=O)CCCCCCCCC(CCCCCCCCC(=O)OC(CCCCCC)CCCCCC)OC(=O)N(CCCCC(=O)OC(C)CCC)CCCN(C)C. The molecule has 0 aliphatic heterocycles. The van der Waals surface area contributed by atoms with Crippen molar-refractivity contribution in [2.45, 2.75) is 336 Å². The molecule has 71 heavy (non-hydrogen) atoms. The Morgan fingerprint density at radius 3 is 1.00 bits per heavy atom. The van der Waals surface area contributed by atoms with Crippen molar-refractivity contribution < 1.29 is 38.1 Å². The maximum atomic E-state index is 13.9. The van der Waals surface area contributed by atoms with Crippen LogP contribution in [0.3, 0.4) is 0 Å². The van der Waals surface area contributed by atoms with E-state index in [2.05, 4.69) is 53.6 Å². The predicted molar refractivity (Wildman–Crippen MR) is 298 cm³/mol. The summed E-state index contributed by atoms with van der Waals surface area (Å²) in [6.07, 6.45) is 42.6. The van der Waals surface area contributed by atoms with Crippen molar-refractivity contribution in [3.63, 3.8) is 0 Å². The Kier molecular flexibility index (Phi) is 49.4. The van der Waals surface area contributed by atoms with Crippen LogP contribution >= 0.6 is 0 Å². The van der Waals surface area contributed by atoms with Crippen molar-refractivity contribution >= 4 is 24.0 Å². The van der Waals surface area contributed by atoms with Crippen LogP contribution in [0.15, 0.2) is 0 Å². The summed E-state index contributed by atoms with van der Waals surface area (Å²) < 4.78 is 23.9. The van der Waals surface area contributed by atoms with Gasteiger partial charge in [0.15, 0.2) is 0 Å². The van der Waals surface area contributed by atoms with E-state index in [1.165, 1.54) is 77.0 Å². The average Bonchev–Trinajstić information content (AvgIpc) is 3.33. The molecule has 0 aliphatic carbocycles. The lowest BCUT2D eigenvalue weighted by atomic mass is 10.0. The molecular weight excluding hydrogens is 889 g/mol. The third-order valence-corrected chi connectivity index (χ3v) is 14.1. The van der Waals surface area contributed by atoms with E-state index in [-0.39, 0.29) is 48.4 Å². The summed E-state index contributed by atoms with van der Waals surface area (Å²) in [5.41, 5.74) is 0. The molecule has 0 rings (SSSR count). The number of carbonyl (C=O) groups excluding carboxylic acids is 4. The van der Waals surface area contributed by atoms with Crippen LogP contribution in [-0.2, 0) is 33.3 Å². The van der Waals surface area contributed by atoms with Gasteiger partial charge >= 0.3 is 24.0 Å². The average molecular weight is 1010 g/mol. The number of hydrogen-bond acceptors (Lipinski definition) is 9. The Balaban J connectivity index is 5.20. The van der Waals surface area contributed by atoms with E-state index >= 15 is 0 Å². The molecule has 420 valence electrons. The molecule has 10 nitrogen and oxygen atoms in total. The number of rotatable bonds is 53. The molecule has 1 atom stereocenters. The Morgan fingerprint density at radius 1 is 0.324 bits per heavy atom. The maximum Gasteiger partial charge on any atom is 0.410 e. The molecule has 0 radical (unpaired) electrons. The van der Waals surface area contributed by atoms with Crippen LogP contribution < -0.4 is 0 Å². The Bertz CT molecular complexity index is 1130. The van der Waals surface area contributed by atoms with Gasteiger partial charge < -0.3 is 28.7 Å². The summed E-state index contributed by atoms with van der Waals surface area (Å²) >= 11 is 0. The fraction of sp³-hybridized carbons (Fsp3) is 0.934. The molecule has 0 bridgehead atoms. The van der Waals surface area contributed by atoms with Gasteiger partial charge in [-0.05, 0) is 143 Å². The van der Waals surface area contributed by atoms with Crippen LogP contribution in [0.5, 0.6) is 0 Å². The molecule has 0 fully saturated rings. The first-order valence-corrected chi connectivity index (χ1v) is 30.7. The van der Waals surface area contributed by atoms with Crippen molar-refractivity contribution in [2.24, 2.45) is 0 Å². The number of unbranched alkanes of at least 4 members (excludes halogenated alkanes) is 23. The van der Waals surface area contributed by atoms with Crippen LogP contribution in [0.1, 0.15) is 311 Å². The molecule has 0 N–H and O–H groups in total. The summed E-state index contributed by atoms with van der Waals surface area (Å²) in [5, 5.41) is 0. The third-order valence-electron chi connectivity index (χ3n) is 14.1. The lowest BCUT2D eigenvalue weighted by molar-refractivity contribution is -0.151. The van der Waals surface area contributed by atoms with Gasteiger partial charge in [0, 0.05) is 32.4 Å². The van der Waals surface area contributed by atoms with E-state index in [9.17, 15) is 19.2 Å². The summed E-state index contributed by atoms with van der Waals surface area (Å²) in [5.74, 6) is -0.204. The highest BCUT2D eigenvalue weighted by molar-refractivity contribution is 5.70. The summed E-state index contributed by atoms with van der Waals surface area (Å²) in [6, 6.07) is 0. The van der Waals surface area contributed by atoms with Crippen molar-refractivity contribution in [3.05, 3.63) is 0 Å². The number of hydrogen-bond donors (Lipinski definition) is 0. The molecule has 0 saturated carbocycles. The molecule has 0 aromatic rings. The summed E-state index contributed by atoms with van der Waals surface area (Å²) in [6.45, 7) is 15.1. The molecule has 0 heterocycles. The molecule has 10 heteroatoms. The zero-order chi connectivity index (χ0) is 52.4. The first kappa shape index (κ1) is 68.6. The molecule has 0 spiro atoms. The monoisotopic (exact) mass is 1010 g/mol. The second kappa shape index (κ2) is 51.1. The van der Waals surface area contributed by atoms with Crippen molar-refractivity contribution in [3.8, 4) is 0 Å². The van der Waals surface area contributed by atoms with Gasteiger partial charge in [-0.2, -0.15) is 0 Å². The third kappa shape index (κ3) is 45.9. The highest BCUT2D eigenvalue weighted by atomic mass is 16.6. The molecule has 0 aliphatic rings. The first-order valence-electron chi connectivity index (χ1n) is 30.7. The normalized spacial score (nSPS) is 12.1. The van der Waals surface area contributed by atoms with Gasteiger partial charge in [-0.1, -0.05) is 169 Å². The molecule has 1 unspecified atom stereocenters. The second-order valence-corrected chi connectivity index (χ2v) is 21.6. The van der Waals surface area contributed by atoms with Gasteiger partial charge in [0.25, 0.3) is 0 Å². The Labute approximate surface area is 439 Å². The highest BCUT2D eigenvalue weighted by Gasteiger charge is 2.21. The van der Waals surface area contributed by atoms with E-state index in [0.29, 0.717) is 38.8 Å². The van der Waals surface area contributed by atoms with Crippen LogP contribution in [0.4, 0.5) is 4.79 Å². The number of ether oxygens (including phenoxy) is 4. The standard InChI is InChI=1S/C61H118N2O8/c1-9-14-18-30-42-55(43-31-19-15-10-2)69-59(65)48-36-28-24-22-26-34-46-57(71-61(67)63(53-40-51-62(7)8)52-39-38-50-58(64)68-54(6)41-13-5)47-35-27-23-25-29-37-49-60(66)70-56(44-32-20-16-11-3)45-33-21-17-12-4/h54-57H,9-53H2,1-8H3. The van der Waals surface area contributed by atoms with E-state index in [1.54, 1.807) is 0 Å². The van der Waals surface area contributed by atoms with Crippen LogP contribution in [0, 0.1) is 0 Å². The predicted octanol–water partition coefficient (Wildman–Crippen LogP) is 17.6. The van der Waals surface area contributed by atoms with Gasteiger partial charge in [0.05, 0.1) is 6.10 Å². The lowest BCUT2D eigenvalue weighted by Gasteiger charge is -2.26. The van der Waals surface area contributed by atoms with Crippen molar-refractivity contribution in [1.82, 2.24) is 9.80 Å². The number of nitrogens with zero attached hydrogens (tertiary/aromatic N) is 2. The van der Waals surface area contributed by atoms with Gasteiger partial charge in [0.1, 0.15) is 18.3 Å². The van der Waals surface area contributed by atoms with Gasteiger partial charge in [-0.15, -0.1) is 0 Å². The minimum absolute atomic E-state index is 0.0223. The topological polar surface area (TPSA) is 112 Å². The fourth-order valence-electron chi connectivity index (χ4n) is 9.58. The number of amides is 1. The van der Waals surface area contributed by atoms with Crippen LogP contribution in [0.2, 0.25) is 0 Å². The minimum Gasteiger partial charge on any atom is -0.463 e. The molecule has 0 aromatic carbocycles. The van der Waals surface area contributed by atoms with E-state index in [4.69, 9.17) is 18.9 Å². The van der Waals surface area contributed by atoms with Crippen molar-refractivity contribution in [1.29, 1.82) is 0 Å². The van der Waals surface area contributed by atoms with E-state index < -0.39 is 0 Å². The van der Waals surface area contributed by atoms with Gasteiger partial charge in [-0.3, -0.25) is 14.4 Å². The van der Waals surface area contributed by atoms with Crippen LogP contribution in [0.25, 0.3) is 0 Å². The van der Waals surface area contributed by atoms with Gasteiger partial charge in [-0.25, -0.2) is 4.79 Å². The fourth-order valence-corrected chi connectivity index (χ4v) is 9.58. The smallest absolute Gasteiger partial charge is 0.410 e. The zero-order valence-electron chi connectivity index (χ0n) is 48.3. The molecule has 1 amide bonds. The van der Waals surface area contributed by atoms with E-state index in [0.717, 1.165) is 173 Å². The molecular formula is C61H118N2O8. The summed E-state index contributed by atoms with van der Waals surface area (Å²) in [4.78, 5) is 56.0. The minimum atomic E-state index is -0.236. The number of carbonyl (C=O) groups is 4. The maximum absolute atomic E-state index is 13.9. The van der Waals surface area contributed by atoms with E-state index in [1.807, 2.05) is 11.8 Å².